The van der Waals surface area contributed by atoms with E-state index in [1.54, 1.807) is 23.2 Å². The molecule has 3 amide bonds. The van der Waals surface area contributed by atoms with E-state index < -0.39 is 11.6 Å². The number of pyridine rings is 1. The monoisotopic (exact) mass is 567 g/mol. The number of hydrogen-bond acceptors (Lipinski definition) is 7. The molecule has 0 saturated carbocycles. The molecular weight excluding hydrogens is 540 g/mol. The van der Waals surface area contributed by atoms with E-state index in [2.05, 4.69) is 21.0 Å². The highest BCUT2D eigenvalue weighted by Gasteiger charge is 2.32. The van der Waals surface area contributed by atoms with E-state index in [0.29, 0.717) is 24.8 Å². The Morgan fingerprint density at radius 2 is 2.00 bits per heavy atom. The van der Waals surface area contributed by atoms with Crippen LogP contribution >= 0.6 is 23.8 Å². The second kappa shape index (κ2) is 12.5. The molecule has 0 bridgehead atoms. The number of ether oxygens (including phenoxy) is 1. The van der Waals surface area contributed by atoms with E-state index in [9.17, 15) is 9.59 Å². The average molecular weight is 568 g/mol. The van der Waals surface area contributed by atoms with Gasteiger partial charge in [0.1, 0.15) is 10.8 Å². The lowest BCUT2D eigenvalue weighted by Gasteiger charge is -2.25. The second-order valence-electron chi connectivity index (χ2n) is 8.90. The Kier molecular flexibility index (Phi) is 9.13. The maximum Gasteiger partial charge on any atom is 0.332 e. The zero-order valence-corrected chi connectivity index (χ0v) is 22.2. The van der Waals surface area contributed by atoms with E-state index in [4.69, 9.17) is 28.6 Å². The Morgan fingerprint density at radius 3 is 2.68 bits per heavy atom. The van der Waals surface area contributed by atoms with Crippen molar-refractivity contribution in [3.8, 4) is 0 Å². The molecule has 3 N–H and O–H groups in total. The quantitative estimate of drug-likeness (QED) is 0.361. The summed E-state index contributed by atoms with van der Waals surface area (Å²) in [7, 11) is 1.45. The van der Waals surface area contributed by atoms with Crippen LogP contribution in [0.2, 0.25) is 5.15 Å². The zero-order chi connectivity index (χ0) is 27.2. The summed E-state index contributed by atoms with van der Waals surface area (Å²) >= 11 is 10.7. The van der Waals surface area contributed by atoms with Gasteiger partial charge in [0, 0.05) is 63.5 Å². The molecule has 38 heavy (non-hydrogen) atoms. The van der Waals surface area contributed by atoms with Gasteiger partial charge in [-0.2, -0.15) is 0 Å². The molecule has 2 fully saturated rings. The van der Waals surface area contributed by atoms with Crippen LogP contribution in [0.15, 0.2) is 30.5 Å². The Bertz CT molecular complexity index is 1170. The number of aromatic nitrogens is 1. The average Bonchev–Trinajstić information content (AvgIpc) is 3.10. The first-order valence-corrected chi connectivity index (χ1v) is 12.8. The number of hydrazine groups is 1. The third-order valence-electron chi connectivity index (χ3n) is 6.31. The molecule has 2 aliphatic rings. The van der Waals surface area contributed by atoms with Crippen LogP contribution in [0.5, 0.6) is 0 Å². The number of methoxy groups -OCH3 is 1. The zero-order valence-electron chi connectivity index (χ0n) is 20.7. The first-order valence-electron chi connectivity index (χ1n) is 12.0. The molecule has 10 nitrogen and oxygen atoms in total. The van der Waals surface area contributed by atoms with Crippen molar-refractivity contribution in [1.29, 1.82) is 0 Å². The highest BCUT2D eigenvalue weighted by molar-refractivity contribution is 7.80. The molecule has 1 atom stereocenters. The van der Waals surface area contributed by atoms with Gasteiger partial charge in [0.05, 0.1) is 13.7 Å². The number of benzene rings is 1. The van der Waals surface area contributed by atoms with Crippen LogP contribution in [-0.4, -0.2) is 73.5 Å². The van der Waals surface area contributed by atoms with Crippen LogP contribution < -0.4 is 25.9 Å². The first kappa shape index (κ1) is 27.7. The molecule has 3 heterocycles. The Hall–Kier alpha value is -3.29. The molecule has 0 unspecified atom stereocenters. The fourth-order valence-corrected chi connectivity index (χ4v) is 4.59. The van der Waals surface area contributed by atoms with Crippen LogP contribution in [0.1, 0.15) is 12.0 Å². The van der Waals surface area contributed by atoms with Crippen LogP contribution in [-0.2, 0) is 16.1 Å². The minimum Gasteiger partial charge on any atom is -0.474 e. The van der Waals surface area contributed by atoms with Crippen molar-refractivity contribution < 1.29 is 23.1 Å². The van der Waals surface area contributed by atoms with E-state index >= 15 is 8.78 Å². The lowest BCUT2D eigenvalue weighted by Crippen LogP contribution is -2.48. The molecule has 204 valence electrons. The van der Waals surface area contributed by atoms with E-state index in [1.807, 2.05) is 0 Å². The predicted octanol–water partition coefficient (Wildman–Crippen LogP) is 2.42. The van der Waals surface area contributed by atoms with Crippen molar-refractivity contribution in [2.75, 3.05) is 56.2 Å². The minimum atomic E-state index is -0.775. The van der Waals surface area contributed by atoms with Gasteiger partial charge >= 0.3 is 6.03 Å². The third-order valence-corrected chi connectivity index (χ3v) is 6.85. The highest BCUT2D eigenvalue weighted by Crippen LogP contribution is 2.32. The number of amides is 3. The first-order chi connectivity index (χ1) is 18.2. The van der Waals surface area contributed by atoms with Gasteiger partial charge in [-0.3, -0.25) is 9.80 Å². The topological polar surface area (TPSA) is 102 Å². The molecule has 2 aromatic rings. The normalized spacial score (nSPS) is 17.8. The number of rotatable bonds is 6. The smallest absolute Gasteiger partial charge is 0.332 e. The molecule has 4 rings (SSSR count). The van der Waals surface area contributed by atoms with Gasteiger partial charge in [0.2, 0.25) is 5.91 Å². The van der Waals surface area contributed by atoms with Crippen molar-refractivity contribution in [1.82, 2.24) is 26.1 Å². The Morgan fingerprint density at radius 1 is 1.24 bits per heavy atom. The molecule has 14 heteroatoms. The van der Waals surface area contributed by atoms with Gasteiger partial charge in [0.25, 0.3) is 5.17 Å². The summed E-state index contributed by atoms with van der Waals surface area (Å²) in [5, 5.41) is 7.64. The second-order valence-corrected chi connectivity index (χ2v) is 9.66. The van der Waals surface area contributed by atoms with Crippen molar-refractivity contribution in [3.05, 3.63) is 52.8 Å². The molecule has 1 aromatic carbocycles. The van der Waals surface area contributed by atoms with E-state index in [0.717, 1.165) is 5.56 Å². The molecule has 2 aliphatic heterocycles. The lowest BCUT2D eigenvalue weighted by atomic mass is 10.1. The van der Waals surface area contributed by atoms with Crippen LogP contribution in [0.25, 0.3) is 0 Å². The van der Waals surface area contributed by atoms with Gasteiger partial charge in [0.15, 0.2) is 11.6 Å². The molecule has 0 spiro atoms. The number of anilines is 2. The Labute approximate surface area is 229 Å². The number of nitrogens with one attached hydrogen (secondary N) is 3. The summed E-state index contributed by atoms with van der Waals surface area (Å²) in [6.07, 6.45) is 1.80. The number of halogens is 3. The van der Waals surface area contributed by atoms with Crippen LogP contribution in [0, 0.1) is 17.6 Å². The molecule has 1 aromatic heterocycles. The fraction of sp³-hybridized carbons (Fsp3) is 0.417. The van der Waals surface area contributed by atoms with Gasteiger partial charge < -0.3 is 25.2 Å². The standard InChI is InChI=1S/C24H28ClF2N7O3S/c1-37-24(38)30-13-16-8-21(35)33(14-16)17-9-18(26)22(19(27)10-17)32-5-4-31-34(7-6-32)23(36)29-12-15-2-3-20(25)28-11-15/h2-3,9-11,16,31H,4-8,12-14H2,1H3,(H,29,36)(H,30,38)/t16-/m0/s1. The van der Waals surface area contributed by atoms with Gasteiger partial charge in [-0.1, -0.05) is 17.7 Å². The molecule has 0 radical (unpaired) electrons. The highest BCUT2D eigenvalue weighted by atomic mass is 35.5. The van der Waals surface area contributed by atoms with Crippen molar-refractivity contribution in [3.63, 3.8) is 0 Å². The molecule has 2 saturated heterocycles. The summed E-state index contributed by atoms with van der Waals surface area (Å²) in [5.74, 6) is -1.85. The largest absolute Gasteiger partial charge is 0.474 e. The number of carbonyl (C=O) groups excluding carboxylic acids is 2. The van der Waals surface area contributed by atoms with Crippen LogP contribution in [0.4, 0.5) is 25.0 Å². The maximum absolute atomic E-state index is 15.2. The SMILES string of the molecule is COC(=S)NC[C@@H]1CC(=O)N(c2cc(F)c(N3CCNN(C(=O)NCc4ccc(Cl)nc4)CC3)c(F)c2)C1. The van der Waals surface area contributed by atoms with Gasteiger partial charge in [-0.05, 0) is 36.0 Å². The molecular formula is C24H28ClF2N7O3S. The number of carbonyl (C=O) groups is 2. The summed E-state index contributed by atoms with van der Waals surface area (Å²) in [6.45, 7) is 1.92. The van der Waals surface area contributed by atoms with Crippen molar-refractivity contribution in [2.24, 2.45) is 5.92 Å². The Balaban J connectivity index is 1.36. The van der Waals surface area contributed by atoms with E-state index in [-0.39, 0.29) is 67.0 Å². The lowest BCUT2D eigenvalue weighted by molar-refractivity contribution is -0.117. The van der Waals surface area contributed by atoms with Gasteiger partial charge in [-0.15, -0.1) is 0 Å². The number of thiocarbonyl (C=S) groups is 1. The summed E-state index contributed by atoms with van der Waals surface area (Å²) in [6, 6.07) is 5.37. The fourth-order valence-electron chi connectivity index (χ4n) is 4.39. The summed E-state index contributed by atoms with van der Waals surface area (Å²) < 4.78 is 35.3. The number of urea groups is 1. The summed E-state index contributed by atoms with van der Waals surface area (Å²) in [4.78, 5) is 32.0. The van der Waals surface area contributed by atoms with Gasteiger partial charge in [-0.25, -0.2) is 24.0 Å². The predicted molar refractivity (Wildman–Crippen MR) is 143 cm³/mol. The summed E-state index contributed by atoms with van der Waals surface area (Å²) in [5.41, 5.74) is 3.73. The minimum absolute atomic E-state index is 0.0776. The maximum atomic E-state index is 15.2. The van der Waals surface area contributed by atoms with Crippen molar-refractivity contribution in [2.45, 2.75) is 13.0 Å². The number of hydrogen-bond donors (Lipinski definition) is 3. The molecule has 0 aliphatic carbocycles. The van der Waals surface area contributed by atoms with Crippen LogP contribution in [0.3, 0.4) is 0 Å². The van der Waals surface area contributed by atoms with Crippen molar-refractivity contribution >= 4 is 52.3 Å². The third kappa shape index (κ3) is 6.77. The number of nitrogens with zero attached hydrogens (tertiary/aromatic N) is 4. The van der Waals surface area contributed by atoms with E-state index in [1.165, 1.54) is 29.2 Å².